The van der Waals surface area contributed by atoms with E-state index in [1.807, 2.05) is 6.92 Å². The van der Waals surface area contributed by atoms with Crippen molar-refractivity contribution in [2.75, 3.05) is 13.2 Å². The third-order valence-corrected chi connectivity index (χ3v) is 3.85. The topological polar surface area (TPSA) is 67.8 Å². The summed E-state index contributed by atoms with van der Waals surface area (Å²) in [4.78, 5) is 11.9. The fourth-order valence-corrected chi connectivity index (χ4v) is 2.74. The first kappa shape index (κ1) is 13.4. The van der Waals surface area contributed by atoms with Crippen molar-refractivity contribution in [3.8, 4) is 5.75 Å². The molecule has 20 heavy (non-hydrogen) atoms. The molecule has 0 radical (unpaired) electrons. The summed E-state index contributed by atoms with van der Waals surface area (Å²) in [7, 11) is 0. The molecule has 0 saturated carbocycles. The molecule has 1 aromatic carbocycles. The van der Waals surface area contributed by atoms with Gasteiger partial charge in [0, 0.05) is 0 Å². The van der Waals surface area contributed by atoms with Gasteiger partial charge in [0.25, 0.3) is 5.91 Å². The summed E-state index contributed by atoms with van der Waals surface area (Å²) in [5, 5.41) is 13.2. The van der Waals surface area contributed by atoms with Gasteiger partial charge in [-0.3, -0.25) is 4.79 Å². The summed E-state index contributed by atoms with van der Waals surface area (Å²) in [5.41, 5.74) is 1.17. The van der Waals surface area contributed by atoms with Gasteiger partial charge >= 0.3 is 0 Å². The van der Waals surface area contributed by atoms with Crippen LogP contribution in [0.25, 0.3) is 0 Å². The lowest BCUT2D eigenvalue weighted by molar-refractivity contribution is -0.0297. The second-order valence-corrected chi connectivity index (χ2v) is 5.37. The molecule has 1 saturated heterocycles. The van der Waals surface area contributed by atoms with E-state index in [0.29, 0.717) is 30.0 Å². The minimum atomic E-state index is -0.707. The van der Waals surface area contributed by atoms with Crippen molar-refractivity contribution >= 4 is 5.91 Å². The van der Waals surface area contributed by atoms with Gasteiger partial charge in [0.1, 0.15) is 18.5 Å². The van der Waals surface area contributed by atoms with Gasteiger partial charge in [-0.2, -0.15) is 0 Å². The molecular weight excluding hydrogens is 258 g/mol. The van der Waals surface area contributed by atoms with E-state index < -0.39 is 6.10 Å². The molecule has 3 rings (SSSR count). The van der Waals surface area contributed by atoms with Gasteiger partial charge < -0.3 is 19.9 Å². The van der Waals surface area contributed by atoms with E-state index in [0.717, 1.165) is 12.8 Å². The first-order valence-corrected chi connectivity index (χ1v) is 7.03. The van der Waals surface area contributed by atoms with Crippen LogP contribution >= 0.6 is 0 Å². The van der Waals surface area contributed by atoms with Crippen molar-refractivity contribution in [3.63, 3.8) is 0 Å². The standard InChI is InChI=1S/C15H19NO4/c1-9-2-4-13(20-9)14(17)10-3-5-12-11(8-10)15(18)16-6-7-19-12/h3,5,8-9,13-14,17H,2,4,6-7H2,1H3,(H,16,18). The number of hydrogen-bond donors (Lipinski definition) is 2. The van der Waals surface area contributed by atoms with E-state index in [2.05, 4.69) is 5.32 Å². The Morgan fingerprint density at radius 2 is 2.25 bits per heavy atom. The van der Waals surface area contributed by atoms with Crippen LogP contribution in [-0.2, 0) is 4.74 Å². The summed E-state index contributed by atoms with van der Waals surface area (Å²) in [6.07, 6.45) is 1.07. The Morgan fingerprint density at radius 1 is 1.40 bits per heavy atom. The third kappa shape index (κ3) is 2.51. The van der Waals surface area contributed by atoms with Gasteiger partial charge in [-0.25, -0.2) is 0 Å². The molecule has 3 atom stereocenters. The molecule has 2 aliphatic heterocycles. The van der Waals surface area contributed by atoms with Crippen molar-refractivity contribution in [3.05, 3.63) is 29.3 Å². The number of amides is 1. The largest absolute Gasteiger partial charge is 0.491 e. The molecule has 0 aromatic heterocycles. The van der Waals surface area contributed by atoms with Crippen LogP contribution in [0.3, 0.4) is 0 Å². The highest BCUT2D eigenvalue weighted by atomic mass is 16.5. The van der Waals surface area contributed by atoms with Gasteiger partial charge in [-0.15, -0.1) is 0 Å². The van der Waals surface area contributed by atoms with Crippen LogP contribution in [-0.4, -0.2) is 36.4 Å². The van der Waals surface area contributed by atoms with Gasteiger partial charge in [0.2, 0.25) is 0 Å². The first-order valence-electron chi connectivity index (χ1n) is 7.03. The summed E-state index contributed by atoms with van der Waals surface area (Å²) < 4.78 is 11.2. The molecule has 0 spiro atoms. The summed E-state index contributed by atoms with van der Waals surface area (Å²) in [6, 6.07) is 5.25. The van der Waals surface area contributed by atoms with E-state index in [4.69, 9.17) is 9.47 Å². The Balaban J connectivity index is 1.86. The first-order chi connectivity index (χ1) is 9.65. The number of ether oxygens (including phenoxy) is 2. The number of nitrogens with one attached hydrogen (secondary N) is 1. The van der Waals surface area contributed by atoms with Crippen molar-refractivity contribution in [2.45, 2.75) is 38.1 Å². The average Bonchev–Trinajstić information content (AvgIpc) is 2.80. The number of hydrogen-bond acceptors (Lipinski definition) is 4. The smallest absolute Gasteiger partial charge is 0.255 e. The van der Waals surface area contributed by atoms with Crippen molar-refractivity contribution in [1.82, 2.24) is 5.32 Å². The van der Waals surface area contributed by atoms with E-state index >= 15 is 0 Å². The van der Waals surface area contributed by atoms with Gasteiger partial charge in [-0.05, 0) is 37.5 Å². The molecule has 5 heteroatoms. The van der Waals surface area contributed by atoms with Gasteiger partial charge in [0.15, 0.2) is 0 Å². The highest BCUT2D eigenvalue weighted by Gasteiger charge is 2.30. The zero-order valence-corrected chi connectivity index (χ0v) is 11.5. The van der Waals surface area contributed by atoms with E-state index in [-0.39, 0.29) is 18.1 Å². The molecular formula is C15H19NO4. The molecule has 2 N–H and O–H groups in total. The van der Waals surface area contributed by atoms with Crippen LogP contribution in [0, 0.1) is 0 Å². The number of fused-ring (bicyclic) bond motifs is 1. The van der Waals surface area contributed by atoms with Crippen molar-refractivity contribution < 1.29 is 19.4 Å². The molecule has 0 aliphatic carbocycles. The third-order valence-electron chi connectivity index (χ3n) is 3.85. The van der Waals surface area contributed by atoms with E-state index in [1.165, 1.54) is 0 Å². The highest BCUT2D eigenvalue weighted by Crippen LogP contribution is 2.32. The van der Waals surface area contributed by atoms with Crippen molar-refractivity contribution in [2.24, 2.45) is 0 Å². The lowest BCUT2D eigenvalue weighted by atomic mass is 9.99. The number of rotatable bonds is 2. The SMILES string of the molecule is CC1CCC(C(O)c2ccc3c(c2)C(=O)NCCO3)O1. The molecule has 1 fully saturated rings. The normalized spacial score (nSPS) is 27.2. The monoisotopic (exact) mass is 277 g/mol. The number of benzene rings is 1. The molecule has 5 nitrogen and oxygen atoms in total. The highest BCUT2D eigenvalue weighted by molar-refractivity contribution is 5.97. The summed E-state index contributed by atoms with van der Waals surface area (Å²) >= 11 is 0. The zero-order chi connectivity index (χ0) is 14.1. The molecule has 1 amide bonds. The van der Waals surface area contributed by atoms with E-state index in [1.54, 1.807) is 18.2 Å². The van der Waals surface area contributed by atoms with Gasteiger partial charge in [-0.1, -0.05) is 6.07 Å². The average molecular weight is 277 g/mol. The fraction of sp³-hybridized carbons (Fsp3) is 0.533. The predicted octanol–water partition coefficient (Wildman–Crippen LogP) is 1.41. The quantitative estimate of drug-likeness (QED) is 0.857. The van der Waals surface area contributed by atoms with Crippen molar-refractivity contribution in [1.29, 1.82) is 0 Å². The van der Waals surface area contributed by atoms with Crippen LogP contribution in [0.4, 0.5) is 0 Å². The maximum absolute atomic E-state index is 11.9. The second-order valence-electron chi connectivity index (χ2n) is 5.37. The Kier molecular flexibility index (Phi) is 3.63. The number of aliphatic hydroxyl groups is 1. The zero-order valence-electron chi connectivity index (χ0n) is 11.5. The molecule has 0 bridgehead atoms. The number of carbonyl (C=O) groups excluding carboxylic acids is 1. The van der Waals surface area contributed by atoms with Crippen LogP contribution < -0.4 is 10.1 Å². The molecule has 3 unspecified atom stereocenters. The summed E-state index contributed by atoms with van der Waals surface area (Å²) in [5.74, 6) is 0.406. The Bertz CT molecular complexity index is 517. The molecule has 108 valence electrons. The number of aliphatic hydroxyl groups excluding tert-OH is 1. The molecule has 2 aliphatic rings. The summed E-state index contributed by atoms with van der Waals surface area (Å²) in [6.45, 7) is 2.96. The molecule has 2 heterocycles. The second kappa shape index (κ2) is 5.42. The minimum Gasteiger partial charge on any atom is -0.491 e. The Hall–Kier alpha value is -1.59. The van der Waals surface area contributed by atoms with E-state index in [9.17, 15) is 9.90 Å². The molecule has 1 aromatic rings. The van der Waals surface area contributed by atoms with Crippen LogP contribution in [0.15, 0.2) is 18.2 Å². The minimum absolute atomic E-state index is 0.160. The predicted molar refractivity (Wildman–Crippen MR) is 72.8 cm³/mol. The van der Waals surface area contributed by atoms with Gasteiger partial charge in [0.05, 0.1) is 24.3 Å². The lowest BCUT2D eigenvalue weighted by Crippen LogP contribution is -2.24. The van der Waals surface area contributed by atoms with Crippen LogP contribution in [0.1, 0.15) is 41.8 Å². The van der Waals surface area contributed by atoms with Crippen LogP contribution in [0.5, 0.6) is 5.75 Å². The lowest BCUT2D eigenvalue weighted by Gasteiger charge is -2.19. The fourth-order valence-electron chi connectivity index (χ4n) is 2.74. The Labute approximate surface area is 117 Å². The maximum atomic E-state index is 11.9. The van der Waals surface area contributed by atoms with Crippen LogP contribution in [0.2, 0.25) is 0 Å². The maximum Gasteiger partial charge on any atom is 0.255 e. The number of carbonyl (C=O) groups is 1. The Morgan fingerprint density at radius 3 is 3.00 bits per heavy atom.